The molecule has 1 aromatic carbocycles. The fourth-order valence-corrected chi connectivity index (χ4v) is 4.39. The average molecular weight is 381 g/mol. The van der Waals surface area contributed by atoms with Crippen molar-refractivity contribution >= 4 is 16.8 Å². The molecule has 8 nitrogen and oxygen atoms in total. The zero-order valence-electron chi connectivity index (χ0n) is 16.0. The van der Waals surface area contributed by atoms with Gasteiger partial charge in [0.1, 0.15) is 0 Å². The molecule has 0 atom stereocenters. The van der Waals surface area contributed by atoms with Crippen LogP contribution in [0.15, 0.2) is 35.4 Å². The molecule has 8 heteroatoms. The van der Waals surface area contributed by atoms with Gasteiger partial charge in [-0.15, -0.1) is 0 Å². The molecule has 0 radical (unpaired) electrons. The van der Waals surface area contributed by atoms with Crippen LogP contribution >= 0.6 is 0 Å². The van der Waals surface area contributed by atoms with Crippen molar-refractivity contribution in [1.82, 2.24) is 24.9 Å². The van der Waals surface area contributed by atoms with Crippen molar-refractivity contribution in [2.24, 2.45) is 7.05 Å². The third kappa shape index (κ3) is 2.85. The first-order chi connectivity index (χ1) is 13.4. The van der Waals surface area contributed by atoms with Crippen LogP contribution in [0.25, 0.3) is 10.9 Å². The van der Waals surface area contributed by atoms with Gasteiger partial charge in [0.05, 0.1) is 24.5 Å². The second-order valence-corrected chi connectivity index (χ2v) is 7.46. The van der Waals surface area contributed by atoms with Crippen LogP contribution in [0.3, 0.4) is 0 Å². The Morgan fingerprint density at radius 3 is 2.79 bits per heavy atom. The summed E-state index contributed by atoms with van der Waals surface area (Å²) in [7, 11) is 3.35. The van der Waals surface area contributed by atoms with Crippen molar-refractivity contribution in [1.29, 1.82) is 0 Å². The number of nitrogens with one attached hydrogen (secondary N) is 1. The molecule has 1 aliphatic carbocycles. The third-order valence-corrected chi connectivity index (χ3v) is 5.78. The van der Waals surface area contributed by atoms with Crippen molar-refractivity contribution in [2.45, 2.75) is 37.6 Å². The van der Waals surface area contributed by atoms with Gasteiger partial charge >= 0.3 is 0 Å². The number of carbonyl (C=O) groups excluding carboxylic acids is 1. The van der Waals surface area contributed by atoms with Crippen molar-refractivity contribution in [3.8, 4) is 5.75 Å². The van der Waals surface area contributed by atoms with Crippen molar-refractivity contribution in [2.75, 3.05) is 7.05 Å². The molecule has 2 aromatic heterocycles. The van der Waals surface area contributed by atoms with Gasteiger partial charge in [0, 0.05) is 24.9 Å². The van der Waals surface area contributed by atoms with Crippen LogP contribution in [0.5, 0.6) is 5.75 Å². The highest BCUT2D eigenvalue weighted by atomic mass is 16.3. The van der Waals surface area contributed by atoms with E-state index in [1.807, 2.05) is 30.1 Å². The number of carbonyl (C=O) groups is 1. The lowest BCUT2D eigenvalue weighted by molar-refractivity contribution is 0.0953. The Hall–Kier alpha value is -3.16. The quantitative estimate of drug-likeness (QED) is 0.716. The van der Waals surface area contributed by atoms with Crippen LogP contribution in [0, 0.1) is 0 Å². The summed E-state index contributed by atoms with van der Waals surface area (Å²) in [6.45, 7) is 0.471. The zero-order valence-corrected chi connectivity index (χ0v) is 16.0. The van der Waals surface area contributed by atoms with Gasteiger partial charge in [0.2, 0.25) is 0 Å². The fourth-order valence-electron chi connectivity index (χ4n) is 4.39. The summed E-state index contributed by atoms with van der Waals surface area (Å²) in [4.78, 5) is 24.1. The number of amides is 1. The maximum atomic E-state index is 12.1. The van der Waals surface area contributed by atoms with E-state index in [0.29, 0.717) is 6.54 Å². The number of hydrogen-bond donors (Lipinski definition) is 2. The van der Waals surface area contributed by atoms with Gasteiger partial charge < -0.3 is 10.4 Å². The van der Waals surface area contributed by atoms with Crippen molar-refractivity contribution in [3.63, 3.8) is 0 Å². The van der Waals surface area contributed by atoms with E-state index in [4.69, 9.17) is 0 Å². The van der Waals surface area contributed by atoms with Crippen LogP contribution in [-0.4, -0.2) is 37.6 Å². The lowest BCUT2D eigenvalue weighted by atomic mass is 9.77. The van der Waals surface area contributed by atoms with Crippen LogP contribution in [0.2, 0.25) is 0 Å². The van der Waals surface area contributed by atoms with Gasteiger partial charge in [-0.25, -0.2) is 0 Å². The Bertz CT molecular complexity index is 1110. The molecule has 2 heterocycles. The minimum absolute atomic E-state index is 0.197. The van der Waals surface area contributed by atoms with E-state index in [0.717, 1.165) is 36.6 Å². The van der Waals surface area contributed by atoms with E-state index in [1.54, 1.807) is 0 Å². The van der Waals surface area contributed by atoms with E-state index in [2.05, 4.69) is 21.6 Å². The minimum Gasteiger partial charge on any atom is -0.503 e. The van der Waals surface area contributed by atoms with Gasteiger partial charge in [-0.2, -0.15) is 10.2 Å². The molecular weight excluding hydrogens is 358 g/mol. The summed E-state index contributed by atoms with van der Waals surface area (Å²) in [5, 5.41) is 22.2. The second-order valence-electron chi connectivity index (χ2n) is 7.46. The van der Waals surface area contributed by atoms with Gasteiger partial charge in [-0.05, 0) is 24.5 Å². The van der Waals surface area contributed by atoms with Crippen molar-refractivity contribution < 1.29 is 9.90 Å². The first-order valence-corrected chi connectivity index (χ1v) is 9.39. The van der Waals surface area contributed by atoms with Crippen LogP contribution in [-0.2, 0) is 19.0 Å². The van der Waals surface area contributed by atoms with Crippen LogP contribution < -0.4 is 10.7 Å². The van der Waals surface area contributed by atoms with Gasteiger partial charge in [0.25, 0.3) is 11.3 Å². The molecule has 0 unspecified atom stereocenters. The van der Waals surface area contributed by atoms with Gasteiger partial charge in [-0.3, -0.25) is 19.0 Å². The molecule has 1 fully saturated rings. The highest BCUT2D eigenvalue weighted by Gasteiger charge is 2.38. The minimum atomic E-state index is -0.759. The summed E-state index contributed by atoms with van der Waals surface area (Å²) in [5.41, 5.74) is 1.00. The molecule has 4 rings (SSSR count). The number of aromatic nitrogens is 4. The molecule has 1 aliphatic rings. The number of aryl methyl sites for hydroxylation is 1. The molecular formula is C20H23N5O3. The third-order valence-electron chi connectivity index (χ3n) is 5.78. The van der Waals surface area contributed by atoms with Gasteiger partial charge in [-0.1, -0.05) is 25.0 Å². The lowest BCUT2D eigenvalue weighted by Crippen LogP contribution is -2.33. The molecule has 1 saturated carbocycles. The normalized spacial score (nSPS) is 15.8. The summed E-state index contributed by atoms with van der Waals surface area (Å²) >= 11 is 0. The van der Waals surface area contributed by atoms with Crippen LogP contribution in [0.1, 0.15) is 41.7 Å². The zero-order chi connectivity index (χ0) is 19.9. The first-order valence-electron chi connectivity index (χ1n) is 9.39. The van der Waals surface area contributed by atoms with E-state index in [1.165, 1.54) is 23.5 Å². The Labute approximate surface area is 161 Å². The Morgan fingerprint density at radius 2 is 2.07 bits per heavy atom. The first kappa shape index (κ1) is 18.2. The molecule has 0 spiro atoms. The summed E-state index contributed by atoms with van der Waals surface area (Å²) in [5.74, 6) is -1.08. The second kappa shape index (κ2) is 6.78. The maximum Gasteiger partial charge on any atom is 0.275 e. The molecule has 0 saturated heterocycles. The lowest BCUT2D eigenvalue weighted by Gasteiger charge is -2.31. The molecule has 3 aromatic rings. The predicted molar refractivity (Wildman–Crippen MR) is 104 cm³/mol. The predicted octanol–water partition coefficient (Wildman–Crippen LogP) is 1.71. The topological polar surface area (TPSA) is 102 Å². The average Bonchev–Trinajstić information content (AvgIpc) is 3.31. The maximum absolute atomic E-state index is 12.1. The van der Waals surface area contributed by atoms with Gasteiger partial charge in [0.15, 0.2) is 11.4 Å². The standard InChI is InChI=1S/C20H23N5O3/c1-21-19(28)17-18(27)16(26)11-25(23-17)12-20(8-3-4-9-20)14-6-5-7-15-13(14)10-22-24(15)2/h5-7,10-11,26H,3-4,8-9,12H2,1-2H3,(H,21,28). The smallest absolute Gasteiger partial charge is 0.275 e. The summed E-state index contributed by atoms with van der Waals surface area (Å²) < 4.78 is 3.39. The highest BCUT2D eigenvalue weighted by Crippen LogP contribution is 2.44. The van der Waals surface area contributed by atoms with Crippen molar-refractivity contribution in [3.05, 3.63) is 52.1 Å². The SMILES string of the molecule is CNC(=O)c1nn(CC2(c3cccc4c3cnn4C)CCCC2)cc(O)c1=O. The number of aromatic hydroxyl groups is 1. The van der Waals surface area contributed by atoms with E-state index in [9.17, 15) is 14.7 Å². The van der Waals surface area contributed by atoms with E-state index in [-0.39, 0.29) is 11.1 Å². The molecule has 2 N–H and O–H groups in total. The summed E-state index contributed by atoms with van der Waals surface area (Å²) in [6.07, 6.45) is 7.31. The summed E-state index contributed by atoms with van der Waals surface area (Å²) in [6, 6.07) is 6.20. The monoisotopic (exact) mass is 381 g/mol. The number of fused-ring (bicyclic) bond motifs is 1. The molecule has 0 aliphatic heterocycles. The largest absolute Gasteiger partial charge is 0.503 e. The number of benzene rings is 1. The number of nitrogens with zero attached hydrogens (tertiary/aromatic N) is 4. The molecule has 146 valence electrons. The van der Waals surface area contributed by atoms with E-state index < -0.39 is 17.1 Å². The molecule has 0 bridgehead atoms. The fraction of sp³-hybridized carbons (Fsp3) is 0.400. The van der Waals surface area contributed by atoms with E-state index >= 15 is 0 Å². The Morgan fingerprint density at radius 1 is 1.32 bits per heavy atom. The highest BCUT2D eigenvalue weighted by molar-refractivity contribution is 5.92. The van der Waals surface area contributed by atoms with Crippen LogP contribution in [0.4, 0.5) is 0 Å². The molecule has 28 heavy (non-hydrogen) atoms. The Kier molecular flexibility index (Phi) is 4.41. The Balaban J connectivity index is 1.83. The number of hydrogen-bond acceptors (Lipinski definition) is 5. The number of rotatable bonds is 4. The molecule has 1 amide bonds.